The number of allylic oxidation sites excluding steroid dienone is 1. The Hall–Kier alpha value is -0.0100. The number of rotatable bonds is 0. The molecule has 0 aromatic rings. The smallest absolute Gasteiger partial charge is 0.124 e. The fraction of sp³-hybridized carbons (Fsp3) is 0.400. The lowest BCUT2D eigenvalue weighted by Crippen LogP contribution is -1.94. The van der Waals surface area contributed by atoms with Gasteiger partial charge in [0.2, 0.25) is 0 Å². The number of dihydropyridines is 1. The second kappa shape index (κ2) is 2.51. The minimum Gasteiger partial charge on any atom is -0.273 e. The van der Waals surface area contributed by atoms with Crippen LogP contribution in [0.15, 0.2) is 16.1 Å². The molecule has 44 valence electrons. The number of aliphatic imine (C=N–C) groups is 1. The summed E-state index contributed by atoms with van der Waals surface area (Å²) in [6.07, 6.45) is 2.50. The quantitative estimate of drug-likeness (QED) is 0.501. The molecule has 0 saturated heterocycles. The number of hydrogen-bond donors (Lipinski definition) is 0. The van der Waals surface area contributed by atoms with Gasteiger partial charge < -0.3 is 0 Å². The van der Waals surface area contributed by atoms with Crippen LogP contribution in [0.3, 0.4) is 0 Å². The van der Waals surface area contributed by atoms with Crippen LogP contribution in [0, 0.1) is 0 Å². The molecule has 0 saturated carbocycles. The summed E-state index contributed by atoms with van der Waals surface area (Å²) in [7, 11) is 0. The molecule has 0 atom stereocenters. The Bertz CT molecular complexity index is 149. The van der Waals surface area contributed by atoms with E-state index in [2.05, 4.69) is 4.99 Å². The number of nitrogens with zero attached hydrogens (tertiary/aromatic N) is 1. The van der Waals surface area contributed by atoms with E-state index in [1.54, 1.807) is 6.08 Å². The summed E-state index contributed by atoms with van der Waals surface area (Å²) in [5, 5.41) is 1.31. The Morgan fingerprint density at radius 1 is 1.50 bits per heavy atom. The zero-order chi connectivity index (χ0) is 5.98. The van der Waals surface area contributed by atoms with Gasteiger partial charge in [-0.1, -0.05) is 23.2 Å². The summed E-state index contributed by atoms with van der Waals surface area (Å²) in [4.78, 5) is 3.90. The van der Waals surface area contributed by atoms with E-state index < -0.39 is 0 Å². The maximum atomic E-state index is 5.61. The zero-order valence-electron chi connectivity index (χ0n) is 4.19. The van der Waals surface area contributed by atoms with Crippen molar-refractivity contribution in [1.82, 2.24) is 0 Å². The zero-order valence-corrected chi connectivity index (χ0v) is 5.71. The Balaban J connectivity index is 2.69. The van der Waals surface area contributed by atoms with E-state index in [0.717, 1.165) is 18.0 Å². The minimum absolute atomic E-state index is 0.515. The fourth-order valence-electron chi connectivity index (χ4n) is 0.517. The van der Waals surface area contributed by atoms with Crippen molar-refractivity contribution in [3.05, 3.63) is 11.1 Å². The molecule has 1 heterocycles. The molecule has 3 heteroatoms. The third-order valence-corrected chi connectivity index (χ3v) is 1.42. The van der Waals surface area contributed by atoms with Crippen molar-refractivity contribution in [3.63, 3.8) is 0 Å². The van der Waals surface area contributed by atoms with Crippen LogP contribution in [0.4, 0.5) is 0 Å². The van der Waals surface area contributed by atoms with E-state index in [4.69, 9.17) is 23.2 Å². The van der Waals surface area contributed by atoms with Gasteiger partial charge in [-0.25, -0.2) is 0 Å². The normalized spacial score (nSPS) is 19.8. The molecule has 0 amide bonds. The molecule has 0 bridgehead atoms. The predicted octanol–water partition coefficient (Wildman–Crippen LogP) is 2.15. The molecule has 0 unspecified atom stereocenters. The molecular formula is C5H5Cl2N. The molecule has 0 fully saturated rings. The average Bonchev–Trinajstić information content (AvgIpc) is 1.64. The molecule has 0 aromatic carbocycles. The van der Waals surface area contributed by atoms with E-state index in [1.165, 1.54) is 0 Å². The largest absolute Gasteiger partial charge is 0.273 e. The number of hydrogen-bond acceptors (Lipinski definition) is 1. The van der Waals surface area contributed by atoms with Crippen LogP contribution in [-0.2, 0) is 0 Å². The first-order valence-corrected chi connectivity index (χ1v) is 3.10. The molecule has 0 radical (unpaired) electrons. The summed E-state index contributed by atoms with van der Waals surface area (Å²) in [6, 6.07) is 0. The van der Waals surface area contributed by atoms with Crippen molar-refractivity contribution in [2.75, 3.05) is 6.54 Å². The Kier molecular flexibility index (Phi) is 1.92. The van der Waals surface area contributed by atoms with Gasteiger partial charge in [-0.2, -0.15) is 0 Å². The molecule has 0 aromatic heterocycles. The van der Waals surface area contributed by atoms with Crippen molar-refractivity contribution in [2.24, 2.45) is 4.99 Å². The molecule has 8 heavy (non-hydrogen) atoms. The van der Waals surface area contributed by atoms with Gasteiger partial charge in [-0.3, -0.25) is 4.99 Å². The van der Waals surface area contributed by atoms with Crippen LogP contribution in [0.25, 0.3) is 0 Å². The summed E-state index contributed by atoms with van der Waals surface area (Å²) >= 11 is 11.1. The van der Waals surface area contributed by atoms with Crippen molar-refractivity contribution in [3.8, 4) is 0 Å². The van der Waals surface area contributed by atoms with E-state index >= 15 is 0 Å². The standard InChI is InChI=1S/C5H5Cl2N/c6-4-1-2-8-5(7)3-4/h3H,1-2H2. The lowest BCUT2D eigenvalue weighted by molar-refractivity contribution is 0.984. The minimum atomic E-state index is 0.515. The van der Waals surface area contributed by atoms with E-state index in [1.807, 2.05) is 0 Å². The topological polar surface area (TPSA) is 12.4 Å². The highest BCUT2D eigenvalue weighted by atomic mass is 35.5. The first-order chi connectivity index (χ1) is 3.79. The third kappa shape index (κ3) is 1.49. The monoisotopic (exact) mass is 149 g/mol. The van der Waals surface area contributed by atoms with Crippen LogP contribution >= 0.6 is 23.2 Å². The first kappa shape index (κ1) is 6.12. The number of halogens is 2. The van der Waals surface area contributed by atoms with Gasteiger partial charge in [0.1, 0.15) is 5.17 Å². The molecule has 1 aliphatic rings. The van der Waals surface area contributed by atoms with E-state index in [-0.39, 0.29) is 0 Å². The van der Waals surface area contributed by atoms with Crippen LogP contribution in [0.2, 0.25) is 0 Å². The van der Waals surface area contributed by atoms with E-state index in [0.29, 0.717) is 5.17 Å². The average molecular weight is 150 g/mol. The van der Waals surface area contributed by atoms with Gasteiger partial charge >= 0.3 is 0 Å². The highest BCUT2D eigenvalue weighted by Crippen LogP contribution is 2.12. The molecule has 0 spiro atoms. The second-order valence-corrected chi connectivity index (χ2v) is 2.42. The van der Waals surface area contributed by atoms with Gasteiger partial charge in [0, 0.05) is 18.0 Å². The third-order valence-electron chi connectivity index (χ3n) is 0.889. The van der Waals surface area contributed by atoms with Crippen molar-refractivity contribution < 1.29 is 0 Å². The highest BCUT2D eigenvalue weighted by Gasteiger charge is 1.99. The molecule has 0 aliphatic carbocycles. The van der Waals surface area contributed by atoms with Crippen molar-refractivity contribution in [1.29, 1.82) is 0 Å². The summed E-state index contributed by atoms with van der Waals surface area (Å²) in [6.45, 7) is 0.730. The summed E-state index contributed by atoms with van der Waals surface area (Å²) in [5.41, 5.74) is 0. The van der Waals surface area contributed by atoms with Gasteiger partial charge in [0.05, 0.1) is 0 Å². The maximum Gasteiger partial charge on any atom is 0.124 e. The van der Waals surface area contributed by atoms with Crippen molar-refractivity contribution in [2.45, 2.75) is 6.42 Å². The predicted molar refractivity (Wildman–Crippen MR) is 36.7 cm³/mol. The summed E-state index contributed by atoms with van der Waals surface area (Å²) < 4.78 is 0. The molecule has 1 rings (SSSR count). The van der Waals surface area contributed by atoms with Crippen LogP contribution in [0.5, 0.6) is 0 Å². The van der Waals surface area contributed by atoms with E-state index in [9.17, 15) is 0 Å². The first-order valence-electron chi connectivity index (χ1n) is 2.35. The molecular weight excluding hydrogens is 145 g/mol. The highest BCUT2D eigenvalue weighted by molar-refractivity contribution is 6.69. The SMILES string of the molecule is ClC1=CC(Cl)=NCC1. The van der Waals surface area contributed by atoms with Gasteiger partial charge in [-0.15, -0.1) is 0 Å². The van der Waals surface area contributed by atoms with Crippen LogP contribution in [0.1, 0.15) is 6.42 Å². The Labute approximate surface area is 58.0 Å². The maximum absolute atomic E-state index is 5.61. The Morgan fingerprint density at radius 2 is 2.25 bits per heavy atom. The lowest BCUT2D eigenvalue weighted by Gasteiger charge is -2.00. The fourth-order valence-corrected chi connectivity index (χ4v) is 0.977. The van der Waals surface area contributed by atoms with Gasteiger partial charge in [-0.05, 0) is 6.08 Å². The summed E-state index contributed by atoms with van der Waals surface area (Å²) in [5.74, 6) is 0. The Morgan fingerprint density at radius 3 is 2.62 bits per heavy atom. The van der Waals surface area contributed by atoms with Crippen molar-refractivity contribution >= 4 is 28.4 Å². The molecule has 1 aliphatic heterocycles. The molecule has 1 nitrogen and oxygen atoms in total. The van der Waals surface area contributed by atoms with Gasteiger partial charge in [0.15, 0.2) is 0 Å². The van der Waals surface area contributed by atoms with Crippen LogP contribution < -0.4 is 0 Å². The van der Waals surface area contributed by atoms with Gasteiger partial charge in [0.25, 0.3) is 0 Å². The lowest BCUT2D eigenvalue weighted by atomic mass is 10.3. The van der Waals surface area contributed by atoms with Crippen LogP contribution in [-0.4, -0.2) is 11.7 Å². The second-order valence-electron chi connectivity index (χ2n) is 1.55. The molecule has 0 N–H and O–H groups in total.